The van der Waals surface area contributed by atoms with Gasteiger partial charge in [0, 0.05) is 24.7 Å². The Kier molecular flexibility index (Phi) is 6.46. The first kappa shape index (κ1) is 22.6. The second-order valence-electron chi connectivity index (χ2n) is 8.44. The normalized spacial score (nSPS) is 13.3. The SMILES string of the molecule is Cc1nc2cnccc2n1Cc1ccc(S(=O)(=O)N(C)C(CC(C)C)c2cccs2)cc1. The summed E-state index contributed by atoms with van der Waals surface area (Å²) in [5.41, 5.74) is 2.89. The van der Waals surface area contributed by atoms with Gasteiger partial charge in [0.25, 0.3) is 0 Å². The van der Waals surface area contributed by atoms with Crippen LogP contribution in [-0.2, 0) is 16.6 Å². The molecule has 0 aliphatic carbocycles. The summed E-state index contributed by atoms with van der Waals surface area (Å²) in [4.78, 5) is 10.1. The van der Waals surface area contributed by atoms with E-state index in [4.69, 9.17) is 0 Å². The third kappa shape index (κ3) is 4.48. The molecule has 0 radical (unpaired) electrons. The van der Waals surface area contributed by atoms with Crippen molar-refractivity contribution in [3.8, 4) is 0 Å². The van der Waals surface area contributed by atoms with Crippen LogP contribution < -0.4 is 0 Å². The molecular formula is C24H28N4O2S2. The molecule has 8 heteroatoms. The van der Waals surface area contributed by atoms with Crippen LogP contribution in [0.2, 0.25) is 0 Å². The number of hydrogen-bond acceptors (Lipinski definition) is 5. The summed E-state index contributed by atoms with van der Waals surface area (Å²) in [7, 11) is -1.93. The quantitative estimate of drug-likeness (QED) is 0.354. The van der Waals surface area contributed by atoms with E-state index in [1.165, 1.54) is 4.31 Å². The molecule has 0 saturated carbocycles. The van der Waals surface area contributed by atoms with Crippen molar-refractivity contribution in [1.82, 2.24) is 18.8 Å². The van der Waals surface area contributed by atoms with Crippen molar-refractivity contribution in [1.29, 1.82) is 0 Å². The lowest BCUT2D eigenvalue weighted by atomic mass is 10.0. The number of pyridine rings is 1. The molecule has 0 spiro atoms. The summed E-state index contributed by atoms with van der Waals surface area (Å²) >= 11 is 1.60. The van der Waals surface area contributed by atoms with E-state index in [0.29, 0.717) is 17.4 Å². The third-order valence-electron chi connectivity index (χ3n) is 5.69. The van der Waals surface area contributed by atoms with Crippen molar-refractivity contribution < 1.29 is 8.42 Å². The van der Waals surface area contributed by atoms with Crippen molar-refractivity contribution in [3.05, 3.63) is 76.5 Å². The molecule has 168 valence electrons. The number of fused-ring (bicyclic) bond motifs is 1. The molecule has 0 bridgehead atoms. The van der Waals surface area contributed by atoms with E-state index in [1.807, 2.05) is 42.6 Å². The van der Waals surface area contributed by atoms with E-state index < -0.39 is 10.0 Å². The molecule has 0 aliphatic rings. The summed E-state index contributed by atoms with van der Waals surface area (Å²) in [6.07, 6.45) is 4.29. The van der Waals surface area contributed by atoms with E-state index in [1.54, 1.807) is 42.9 Å². The Bertz CT molecular complexity index is 1290. The molecule has 32 heavy (non-hydrogen) atoms. The maximum atomic E-state index is 13.4. The number of nitrogens with zero attached hydrogens (tertiary/aromatic N) is 4. The standard InChI is InChI=1S/C24H28N4O2S2/c1-17(2)14-23(24-6-5-13-31-24)27(4)32(29,30)20-9-7-19(8-10-20)16-28-18(3)26-21-15-25-12-11-22(21)28/h5-13,15,17,23H,14,16H2,1-4H3. The van der Waals surface area contributed by atoms with Gasteiger partial charge in [-0.1, -0.05) is 32.0 Å². The van der Waals surface area contributed by atoms with Crippen LogP contribution in [0.25, 0.3) is 11.0 Å². The van der Waals surface area contributed by atoms with E-state index in [0.717, 1.165) is 33.7 Å². The van der Waals surface area contributed by atoms with Gasteiger partial charge in [-0.2, -0.15) is 4.31 Å². The predicted octanol–water partition coefficient (Wildman–Crippen LogP) is 5.26. The van der Waals surface area contributed by atoms with Gasteiger partial charge < -0.3 is 4.57 Å². The van der Waals surface area contributed by atoms with E-state index in [9.17, 15) is 8.42 Å². The molecule has 3 aromatic heterocycles. The molecule has 4 rings (SSSR count). The molecule has 0 saturated heterocycles. The summed E-state index contributed by atoms with van der Waals surface area (Å²) in [6, 6.07) is 12.9. The van der Waals surface area contributed by atoms with Gasteiger partial charge >= 0.3 is 0 Å². The second kappa shape index (κ2) is 9.13. The number of sulfonamides is 1. The van der Waals surface area contributed by atoms with Crippen LogP contribution in [-0.4, -0.2) is 34.3 Å². The van der Waals surface area contributed by atoms with Crippen LogP contribution in [0, 0.1) is 12.8 Å². The highest BCUT2D eigenvalue weighted by Crippen LogP contribution is 2.34. The molecule has 4 aromatic rings. The van der Waals surface area contributed by atoms with Crippen LogP contribution >= 0.6 is 11.3 Å². The maximum Gasteiger partial charge on any atom is 0.243 e. The van der Waals surface area contributed by atoms with Crippen LogP contribution in [0.5, 0.6) is 0 Å². The van der Waals surface area contributed by atoms with Gasteiger partial charge in [0.2, 0.25) is 10.0 Å². The van der Waals surface area contributed by atoms with Gasteiger partial charge in [0.1, 0.15) is 11.3 Å². The van der Waals surface area contributed by atoms with E-state index in [2.05, 4.69) is 28.4 Å². The highest BCUT2D eigenvalue weighted by Gasteiger charge is 2.30. The minimum absolute atomic E-state index is 0.173. The maximum absolute atomic E-state index is 13.4. The zero-order valence-corrected chi connectivity index (χ0v) is 20.4. The molecule has 0 aliphatic heterocycles. The van der Waals surface area contributed by atoms with Crippen molar-refractivity contribution in [2.75, 3.05) is 7.05 Å². The van der Waals surface area contributed by atoms with Crippen molar-refractivity contribution in [2.24, 2.45) is 5.92 Å². The fraction of sp³-hybridized carbons (Fsp3) is 0.333. The third-order valence-corrected chi connectivity index (χ3v) is 8.54. The van der Waals surface area contributed by atoms with Crippen LogP contribution in [0.4, 0.5) is 0 Å². The Labute approximate surface area is 193 Å². The van der Waals surface area contributed by atoms with Crippen LogP contribution in [0.15, 0.2) is 65.1 Å². The highest BCUT2D eigenvalue weighted by atomic mass is 32.2. The molecule has 0 fully saturated rings. The minimum Gasteiger partial charge on any atom is -0.324 e. The summed E-state index contributed by atoms with van der Waals surface area (Å²) in [5, 5.41) is 2.00. The van der Waals surface area contributed by atoms with Crippen LogP contribution in [0.3, 0.4) is 0 Å². The van der Waals surface area contributed by atoms with E-state index in [-0.39, 0.29) is 6.04 Å². The number of hydrogen-bond donors (Lipinski definition) is 0. The number of aryl methyl sites for hydroxylation is 1. The number of rotatable bonds is 8. The average Bonchev–Trinajstić information content (AvgIpc) is 3.40. The van der Waals surface area contributed by atoms with Gasteiger partial charge in [-0.15, -0.1) is 11.3 Å². The van der Waals surface area contributed by atoms with Gasteiger partial charge in [-0.05, 0) is 54.5 Å². The average molecular weight is 469 g/mol. The van der Waals surface area contributed by atoms with Gasteiger partial charge in [0.15, 0.2) is 0 Å². The zero-order chi connectivity index (χ0) is 22.9. The number of benzene rings is 1. The predicted molar refractivity (Wildman–Crippen MR) is 129 cm³/mol. The molecule has 6 nitrogen and oxygen atoms in total. The number of aromatic nitrogens is 3. The Morgan fingerprint density at radius 3 is 2.53 bits per heavy atom. The van der Waals surface area contributed by atoms with Crippen molar-refractivity contribution >= 4 is 32.4 Å². The lowest BCUT2D eigenvalue weighted by molar-refractivity contribution is 0.328. The van der Waals surface area contributed by atoms with Crippen molar-refractivity contribution in [3.63, 3.8) is 0 Å². The highest BCUT2D eigenvalue weighted by molar-refractivity contribution is 7.89. The Balaban J connectivity index is 1.59. The Hall–Kier alpha value is -2.55. The first-order valence-corrected chi connectivity index (χ1v) is 13.0. The van der Waals surface area contributed by atoms with Crippen molar-refractivity contribution in [2.45, 2.75) is 44.7 Å². The van der Waals surface area contributed by atoms with Crippen LogP contribution in [0.1, 0.15) is 42.6 Å². The molecule has 1 aromatic carbocycles. The molecule has 0 N–H and O–H groups in total. The number of imidazole rings is 1. The minimum atomic E-state index is -3.62. The lowest BCUT2D eigenvalue weighted by Gasteiger charge is -2.28. The molecule has 0 amide bonds. The molecule has 1 atom stereocenters. The molecular weight excluding hydrogens is 440 g/mol. The molecule has 1 unspecified atom stereocenters. The fourth-order valence-electron chi connectivity index (χ4n) is 3.96. The van der Waals surface area contributed by atoms with Gasteiger partial charge in [-0.25, -0.2) is 13.4 Å². The summed E-state index contributed by atoms with van der Waals surface area (Å²) < 4.78 is 30.5. The zero-order valence-electron chi connectivity index (χ0n) is 18.8. The topological polar surface area (TPSA) is 68.1 Å². The fourth-order valence-corrected chi connectivity index (χ4v) is 6.25. The van der Waals surface area contributed by atoms with E-state index >= 15 is 0 Å². The van der Waals surface area contributed by atoms with Gasteiger partial charge in [-0.3, -0.25) is 4.98 Å². The summed E-state index contributed by atoms with van der Waals surface area (Å²) in [5.74, 6) is 1.28. The lowest BCUT2D eigenvalue weighted by Crippen LogP contribution is -2.31. The molecule has 3 heterocycles. The summed E-state index contributed by atoms with van der Waals surface area (Å²) in [6.45, 7) is 6.82. The second-order valence-corrected chi connectivity index (χ2v) is 11.4. The Morgan fingerprint density at radius 1 is 1.12 bits per heavy atom. The van der Waals surface area contributed by atoms with Gasteiger partial charge in [0.05, 0.1) is 22.7 Å². The Morgan fingerprint density at radius 2 is 1.88 bits per heavy atom. The first-order valence-electron chi connectivity index (χ1n) is 10.6. The number of thiophene rings is 1. The monoisotopic (exact) mass is 468 g/mol. The largest absolute Gasteiger partial charge is 0.324 e. The first-order chi connectivity index (χ1) is 15.3. The smallest absolute Gasteiger partial charge is 0.243 e.